The van der Waals surface area contributed by atoms with Crippen LogP contribution in [0.3, 0.4) is 0 Å². The topological polar surface area (TPSA) is 38.9 Å². The fraction of sp³-hybridized carbons (Fsp3) is 0.182. The molecule has 0 fully saturated rings. The van der Waals surface area contributed by atoms with Gasteiger partial charge in [-0.3, -0.25) is 0 Å². The summed E-state index contributed by atoms with van der Waals surface area (Å²) in [5.41, 5.74) is 6.37. The maximum atomic E-state index is 13.4. The van der Waals surface area contributed by atoms with Crippen LogP contribution in [0.1, 0.15) is 11.7 Å². The SMILES string of the molecule is NCC(F)c1cc2ccccc2nc1Cl. The summed E-state index contributed by atoms with van der Waals surface area (Å²) in [5, 5.41) is 1.06. The Bertz CT molecular complexity index is 487. The van der Waals surface area contributed by atoms with Gasteiger partial charge in [-0.15, -0.1) is 0 Å². The van der Waals surface area contributed by atoms with Crippen LogP contribution in [0.2, 0.25) is 5.15 Å². The van der Waals surface area contributed by atoms with Gasteiger partial charge in [0.2, 0.25) is 0 Å². The van der Waals surface area contributed by atoms with Crippen LogP contribution >= 0.6 is 11.6 Å². The number of fused-ring (bicyclic) bond motifs is 1. The Morgan fingerprint density at radius 3 is 2.87 bits per heavy atom. The molecule has 0 bridgehead atoms. The lowest BCUT2D eigenvalue weighted by Gasteiger charge is -2.08. The highest BCUT2D eigenvalue weighted by atomic mass is 35.5. The minimum absolute atomic E-state index is 0.0836. The molecular formula is C11H10ClFN2. The largest absolute Gasteiger partial charge is 0.327 e. The first-order chi connectivity index (χ1) is 7.22. The molecule has 0 spiro atoms. The lowest BCUT2D eigenvalue weighted by atomic mass is 10.1. The number of nitrogens with zero attached hydrogens (tertiary/aromatic N) is 1. The minimum atomic E-state index is -1.25. The van der Waals surface area contributed by atoms with Crippen molar-refractivity contribution < 1.29 is 4.39 Å². The second-order valence-corrected chi connectivity index (χ2v) is 3.62. The van der Waals surface area contributed by atoms with E-state index in [9.17, 15) is 4.39 Å². The zero-order valence-corrected chi connectivity index (χ0v) is 8.71. The molecule has 1 aromatic heterocycles. The van der Waals surface area contributed by atoms with Crippen molar-refractivity contribution in [3.63, 3.8) is 0 Å². The van der Waals surface area contributed by atoms with Crippen LogP contribution in [0.5, 0.6) is 0 Å². The molecule has 0 radical (unpaired) electrons. The first-order valence-electron chi connectivity index (χ1n) is 4.61. The summed E-state index contributed by atoms with van der Waals surface area (Å²) in [6.45, 7) is -0.0836. The van der Waals surface area contributed by atoms with Gasteiger partial charge in [0.15, 0.2) is 0 Å². The molecule has 2 N–H and O–H groups in total. The second kappa shape index (κ2) is 4.13. The smallest absolute Gasteiger partial charge is 0.140 e. The Balaban J connectivity index is 2.61. The predicted octanol–water partition coefficient (Wildman–Crippen LogP) is 2.86. The average molecular weight is 225 g/mol. The van der Waals surface area contributed by atoms with Crippen molar-refractivity contribution in [2.24, 2.45) is 5.73 Å². The lowest BCUT2D eigenvalue weighted by Crippen LogP contribution is -2.08. The molecule has 1 unspecified atom stereocenters. The number of rotatable bonds is 2. The summed E-state index contributed by atoms with van der Waals surface area (Å²) in [6.07, 6.45) is -1.25. The zero-order valence-electron chi connectivity index (χ0n) is 7.95. The van der Waals surface area contributed by atoms with E-state index in [1.807, 2.05) is 24.3 Å². The van der Waals surface area contributed by atoms with E-state index in [2.05, 4.69) is 4.98 Å². The van der Waals surface area contributed by atoms with E-state index in [1.165, 1.54) is 0 Å². The highest BCUT2D eigenvalue weighted by Gasteiger charge is 2.13. The van der Waals surface area contributed by atoms with Crippen molar-refractivity contribution >= 4 is 22.5 Å². The first kappa shape index (κ1) is 10.3. The Morgan fingerprint density at radius 2 is 2.13 bits per heavy atom. The third-order valence-corrected chi connectivity index (χ3v) is 2.55. The van der Waals surface area contributed by atoms with E-state index in [-0.39, 0.29) is 11.7 Å². The molecule has 2 rings (SSSR count). The summed E-state index contributed by atoms with van der Waals surface area (Å²) in [6, 6.07) is 9.13. The lowest BCUT2D eigenvalue weighted by molar-refractivity contribution is 0.352. The van der Waals surface area contributed by atoms with Crippen LogP contribution in [0.25, 0.3) is 10.9 Å². The predicted molar refractivity (Wildman–Crippen MR) is 59.7 cm³/mol. The number of nitrogens with two attached hydrogens (primary N) is 1. The highest BCUT2D eigenvalue weighted by Crippen LogP contribution is 2.27. The fourth-order valence-electron chi connectivity index (χ4n) is 1.46. The number of benzene rings is 1. The van der Waals surface area contributed by atoms with Crippen LogP contribution in [-0.4, -0.2) is 11.5 Å². The molecule has 0 saturated carbocycles. The number of para-hydroxylation sites is 1. The van der Waals surface area contributed by atoms with Gasteiger partial charge in [0.25, 0.3) is 0 Å². The summed E-state index contributed by atoms with van der Waals surface area (Å²) in [7, 11) is 0. The molecule has 0 aliphatic carbocycles. The van der Waals surface area contributed by atoms with Gasteiger partial charge in [0.05, 0.1) is 5.52 Å². The first-order valence-corrected chi connectivity index (χ1v) is 4.99. The molecule has 0 aliphatic rings. The molecule has 0 saturated heterocycles. The van der Waals surface area contributed by atoms with Gasteiger partial charge in [0, 0.05) is 17.5 Å². The standard InChI is InChI=1S/C11H10ClFN2/c12-11-8(9(13)6-14)5-7-3-1-2-4-10(7)15-11/h1-5,9H,6,14H2. The molecule has 0 amide bonds. The van der Waals surface area contributed by atoms with Crippen molar-refractivity contribution in [1.29, 1.82) is 0 Å². The third-order valence-electron chi connectivity index (χ3n) is 2.25. The van der Waals surface area contributed by atoms with Gasteiger partial charge in [0.1, 0.15) is 11.3 Å². The molecule has 4 heteroatoms. The maximum Gasteiger partial charge on any atom is 0.140 e. The number of alkyl halides is 1. The van der Waals surface area contributed by atoms with Gasteiger partial charge in [-0.1, -0.05) is 29.8 Å². The van der Waals surface area contributed by atoms with Crippen molar-refractivity contribution in [3.05, 3.63) is 41.0 Å². The van der Waals surface area contributed by atoms with E-state index in [4.69, 9.17) is 17.3 Å². The van der Waals surface area contributed by atoms with Crippen molar-refractivity contribution in [1.82, 2.24) is 4.98 Å². The molecule has 2 nitrogen and oxygen atoms in total. The molecule has 1 atom stereocenters. The summed E-state index contributed by atoms with van der Waals surface area (Å²) in [4.78, 5) is 4.11. The second-order valence-electron chi connectivity index (χ2n) is 3.26. The monoisotopic (exact) mass is 224 g/mol. The molecular weight excluding hydrogens is 215 g/mol. The number of halogens is 2. The minimum Gasteiger partial charge on any atom is -0.327 e. The van der Waals surface area contributed by atoms with E-state index in [0.29, 0.717) is 5.56 Å². The maximum absolute atomic E-state index is 13.4. The Labute approximate surface area is 91.9 Å². The molecule has 0 aliphatic heterocycles. The van der Waals surface area contributed by atoms with Crippen LogP contribution in [-0.2, 0) is 0 Å². The van der Waals surface area contributed by atoms with Gasteiger partial charge in [-0.05, 0) is 12.1 Å². The molecule has 78 valence electrons. The summed E-state index contributed by atoms with van der Waals surface area (Å²) < 4.78 is 13.4. The van der Waals surface area contributed by atoms with Crippen molar-refractivity contribution in [2.45, 2.75) is 6.17 Å². The fourth-order valence-corrected chi connectivity index (χ4v) is 1.72. The highest BCUT2D eigenvalue weighted by molar-refractivity contribution is 6.30. The molecule has 1 aromatic carbocycles. The number of aromatic nitrogens is 1. The summed E-state index contributed by atoms with van der Waals surface area (Å²) >= 11 is 5.87. The number of hydrogen-bond donors (Lipinski definition) is 1. The van der Waals surface area contributed by atoms with E-state index >= 15 is 0 Å². The number of hydrogen-bond acceptors (Lipinski definition) is 2. The van der Waals surface area contributed by atoms with Gasteiger partial charge in [-0.25, -0.2) is 9.37 Å². The van der Waals surface area contributed by atoms with Crippen LogP contribution < -0.4 is 5.73 Å². The van der Waals surface area contributed by atoms with Crippen molar-refractivity contribution in [3.8, 4) is 0 Å². The number of pyridine rings is 1. The third kappa shape index (κ3) is 1.94. The quantitative estimate of drug-likeness (QED) is 0.797. The normalized spacial score (nSPS) is 13.0. The van der Waals surface area contributed by atoms with Crippen molar-refractivity contribution in [2.75, 3.05) is 6.54 Å². The van der Waals surface area contributed by atoms with Crippen LogP contribution in [0.15, 0.2) is 30.3 Å². The van der Waals surface area contributed by atoms with E-state index < -0.39 is 6.17 Å². The van der Waals surface area contributed by atoms with E-state index in [0.717, 1.165) is 10.9 Å². The Kier molecular flexibility index (Phi) is 2.84. The Morgan fingerprint density at radius 1 is 1.40 bits per heavy atom. The van der Waals surface area contributed by atoms with E-state index in [1.54, 1.807) is 6.07 Å². The van der Waals surface area contributed by atoms with Gasteiger partial charge < -0.3 is 5.73 Å². The molecule has 15 heavy (non-hydrogen) atoms. The van der Waals surface area contributed by atoms with Gasteiger partial charge in [-0.2, -0.15) is 0 Å². The van der Waals surface area contributed by atoms with Crippen LogP contribution in [0.4, 0.5) is 4.39 Å². The Hall–Kier alpha value is -1.19. The van der Waals surface area contributed by atoms with Gasteiger partial charge >= 0.3 is 0 Å². The summed E-state index contributed by atoms with van der Waals surface area (Å²) in [5.74, 6) is 0. The van der Waals surface area contributed by atoms with Crippen LogP contribution in [0, 0.1) is 0 Å². The molecule has 1 heterocycles. The average Bonchev–Trinajstić information content (AvgIpc) is 2.27. The molecule has 2 aromatic rings. The zero-order chi connectivity index (χ0) is 10.8.